The molecule has 146 valence electrons. The van der Waals surface area contributed by atoms with Gasteiger partial charge in [-0.3, -0.25) is 9.79 Å². The van der Waals surface area contributed by atoms with Crippen molar-refractivity contribution < 1.29 is 9.53 Å². The van der Waals surface area contributed by atoms with Gasteiger partial charge >= 0.3 is 0 Å². The number of carbonyl (C=O) groups excluding carboxylic acids is 1. The monoisotopic (exact) mass is 388 g/mol. The summed E-state index contributed by atoms with van der Waals surface area (Å²) in [6.07, 6.45) is 1.06. The number of nitrogens with zero attached hydrogens (tertiary/aromatic N) is 1. The lowest BCUT2D eigenvalue weighted by Gasteiger charge is -2.16. The van der Waals surface area contributed by atoms with E-state index in [-0.39, 0.29) is 5.91 Å². The van der Waals surface area contributed by atoms with Crippen LogP contribution in [-0.4, -0.2) is 32.6 Å². The van der Waals surface area contributed by atoms with E-state index in [0.717, 1.165) is 24.5 Å². The fraction of sp³-hybridized carbons (Fsp3) is 0.400. The highest BCUT2D eigenvalue weighted by Gasteiger charge is 2.08. The summed E-state index contributed by atoms with van der Waals surface area (Å²) in [5.41, 5.74) is 1.69. The first-order chi connectivity index (χ1) is 13.0. The van der Waals surface area contributed by atoms with E-state index in [2.05, 4.69) is 45.4 Å². The number of rotatable bonds is 8. The number of benzene rings is 1. The summed E-state index contributed by atoms with van der Waals surface area (Å²) in [5, 5.41) is 11.6. The predicted octanol–water partition coefficient (Wildman–Crippen LogP) is 3.26. The molecule has 0 aliphatic rings. The summed E-state index contributed by atoms with van der Waals surface area (Å²) >= 11 is 1.79. The van der Waals surface area contributed by atoms with E-state index in [4.69, 9.17) is 4.74 Å². The second kappa shape index (κ2) is 10.6. The molecule has 0 aliphatic carbocycles. The smallest absolute Gasteiger partial charge is 0.221 e. The molecule has 27 heavy (non-hydrogen) atoms. The summed E-state index contributed by atoms with van der Waals surface area (Å²) in [6.45, 7) is 5.14. The fourth-order valence-electron chi connectivity index (χ4n) is 2.67. The Morgan fingerprint density at radius 2 is 2.11 bits per heavy atom. The minimum atomic E-state index is -0.129. The zero-order chi connectivity index (χ0) is 19.6. The number of methoxy groups -OCH3 is 1. The Morgan fingerprint density at radius 1 is 1.30 bits per heavy atom. The number of ether oxygens (including phenoxy) is 1. The minimum absolute atomic E-state index is 0.129. The van der Waals surface area contributed by atoms with Crippen LogP contribution in [-0.2, 0) is 17.8 Å². The van der Waals surface area contributed by atoms with Gasteiger partial charge in [-0.25, -0.2) is 0 Å². The van der Waals surface area contributed by atoms with Gasteiger partial charge < -0.3 is 20.7 Å². The third-order valence-corrected chi connectivity index (χ3v) is 4.90. The first kappa shape index (κ1) is 20.8. The second-order valence-corrected chi connectivity index (χ2v) is 7.44. The number of anilines is 1. The molecule has 1 aromatic heterocycles. The third-order valence-electron chi connectivity index (χ3n) is 4.01. The average Bonchev–Trinajstić information content (AvgIpc) is 3.14. The van der Waals surface area contributed by atoms with Crippen LogP contribution in [0.4, 0.5) is 5.69 Å². The molecule has 1 heterocycles. The molecule has 7 heteroatoms. The number of thiophene rings is 1. The molecule has 0 fully saturated rings. The first-order valence-electron chi connectivity index (χ1n) is 8.93. The van der Waals surface area contributed by atoms with Crippen molar-refractivity contribution in [3.63, 3.8) is 0 Å². The highest BCUT2D eigenvalue weighted by Crippen LogP contribution is 2.25. The van der Waals surface area contributed by atoms with Gasteiger partial charge in [-0.1, -0.05) is 19.1 Å². The molecule has 0 saturated carbocycles. The molecular weight excluding hydrogens is 360 g/mol. The Morgan fingerprint density at radius 3 is 2.74 bits per heavy atom. The second-order valence-electron chi connectivity index (χ2n) is 6.41. The van der Waals surface area contributed by atoms with Crippen LogP contribution in [0.2, 0.25) is 0 Å². The fourth-order valence-corrected chi connectivity index (χ4v) is 3.54. The first-order valence-corrected chi connectivity index (χ1v) is 9.81. The molecule has 6 nitrogen and oxygen atoms in total. The Bertz CT molecular complexity index is 759. The summed E-state index contributed by atoms with van der Waals surface area (Å²) in [6, 6.07) is 9.97. The Labute approximate surface area is 165 Å². The number of hydrogen-bond acceptors (Lipinski definition) is 4. The minimum Gasteiger partial charge on any atom is -0.495 e. The molecule has 1 unspecified atom stereocenters. The summed E-state index contributed by atoms with van der Waals surface area (Å²) < 4.78 is 5.29. The van der Waals surface area contributed by atoms with Crippen molar-refractivity contribution in [1.82, 2.24) is 10.6 Å². The molecular formula is C20H28N4O2S. The van der Waals surface area contributed by atoms with Gasteiger partial charge in [0.2, 0.25) is 5.91 Å². The van der Waals surface area contributed by atoms with Gasteiger partial charge in [0, 0.05) is 31.9 Å². The van der Waals surface area contributed by atoms with Gasteiger partial charge in [0.15, 0.2) is 5.96 Å². The van der Waals surface area contributed by atoms with Gasteiger partial charge in [-0.05, 0) is 41.5 Å². The maximum Gasteiger partial charge on any atom is 0.221 e. The van der Waals surface area contributed by atoms with Crippen molar-refractivity contribution in [3.05, 3.63) is 46.2 Å². The molecule has 0 radical (unpaired) electrons. The molecule has 0 saturated heterocycles. The lowest BCUT2D eigenvalue weighted by atomic mass is 10.1. The summed E-state index contributed by atoms with van der Waals surface area (Å²) in [4.78, 5) is 17.0. The number of guanidine groups is 1. The highest BCUT2D eigenvalue weighted by atomic mass is 32.1. The van der Waals surface area contributed by atoms with Crippen molar-refractivity contribution in [2.24, 2.45) is 10.9 Å². The molecule has 1 atom stereocenters. The predicted molar refractivity (Wildman–Crippen MR) is 113 cm³/mol. The number of nitrogens with one attached hydrogen (secondary N) is 3. The van der Waals surface area contributed by atoms with Gasteiger partial charge in [0.05, 0.1) is 12.8 Å². The third kappa shape index (κ3) is 6.94. The highest BCUT2D eigenvalue weighted by molar-refractivity contribution is 7.09. The number of hydrogen-bond donors (Lipinski definition) is 3. The van der Waals surface area contributed by atoms with Crippen LogP contribution in [0.3, 0.4) is 0 Å². The van der Waals surface area contributed by atoms with Crippen LogP contribution < -0.4 is 20.7 Å². The normalized spacial score (nSPS) is 12.4. The van der Waals surface area contributed by atoms with Crippen molar-refractivity contribution >= 4 is 28.9 Å². The Kier molecular flexibility index (Phi) is 8.13. The van der Waals surface area contributed by atoms with Crippen LogP contribution in [0.25, 0.3) is 0 Å². The van der Waals surface area contributed by atoms with Crippen LogP contribution >= 0.6 is 11.3 Å². The van der Waals surface area contributed by atoms with E-state index in [1.807, 2.05) is 18.2 Å². The Balaban J connectivity index is 1.87. The van der Waals surface area contributed by atoms with Crippen molar-refractivity contribution in [3.8, 4) is 5.75 Å². The maximum absolute atomic E-state index is 11.4. The Hall–Kier alpha value is -2.54. The molecule has 2 rings (SSSR count). The van der Waals surface area contributed by atoms with E-state index >= 15 is 0 Å². The van der Waals surface area contributed by atoms with E-state index in [0.29, 0.717) is 23.9 Å². The molecule has 3 N–H and O–H groups in total. The van der Waals surface area contributed by atoms with E-state index in [9.17, 15) is 4.79 Å². The zero-order valence-electron chi connectivity index (χ0n) is 16.3. The van der Waals surface area contributed by atoms with Crippen molar-refractivity contribution in [2.75, 3.05) is 26.0 Å². The molecule has 0 spiro atoms. The topological polar surface area (TPSA) is 74.8 Å². The van der Waals surface area contributed by atoms with E-state index < -0.39 is 0 Å². The molecule has 0 aliphatic heterocycles. The van der Waals surface area contributed by atoms with Crippen LogP contribution in [0.1, 0.15) is 24.3 Å². The quantitative estimate of drug-likeness (QED) is 0.479. The van der Waals surface area contributed by atoms with Gasteiger partial charge in [0.1, 0.15) is 5.75 Å². The lowest BCUT2D eigenvalue weighted by Crippen LogP contribution is -2.39. The van der Waals surface area contributed by atoms with Crippen LogP contribution in [0.15, 0.2) is 40.7 Å². The van der Waals surface area contributed by atoms with Crippen molar-refractivity contribution in [1.29, 1.82) is 0 Å². The maximum atomic E-state index is 11.4. The van der Waals surface area contributed by atoms with Gasteiger partial charge in [-0.15, -0.1) is 11.3 Å². The summed E-state index contributed by atoms with van der Waals surface area (Å²) in [7, 11) is 3.34. The summed E-state index contributed by atoms with van der Waals surface area (Å²) in [5.74, 6) is 1.77. The number of aliphatic imine (C=N–C) groups is 1. The van der Waals surface area contributed by atoms with E-state index in [1.54, 1.807) is 25.5 Å². The van der Waals surface area contributed by atoms with Crippen LogP contribution in [0, 0.1) is 5.92 Å². The van der Waals surface area contributed by atoms with Gasteiger partial charge in [-0.2, -0.15) is 0 Å². The van der Waals surface area contributed by atoms with Gasteiger partial charge in [0.25, 0.3) is 0 Å². The van der Waals surface area contributed by atoms with E-state index in [1.165, 1.54) is 11.8 Å². The van der Waals surface area contributed by atoms with Crippen LogP contribution in [0.5, 0.6) is 5.75 Å². The SMILES string of the molecule is CN=C(NCc1ccc(OC)c(NC(C)=O)c1)NCC(C)Cc1cccs1. The molecule has 1 aromatic carbocycles. The molecule has 2 aromatic rings. The number of amides is 1. The number of carbonyl (C=O) groups is 1. The largest absolute Gasteiger partial charge is 0.495 e. The average molecular weight is 389 g/mol. The standard InChI is InChI=1S/C20H28N4O2S/c1-14(10-17-6-5-9-27-17)12-22-20(21-3)23-13-16-7-8-19(26-4)18(11-16)24-15(2)25/h5-9,11,14H,10,12-13H2,1-4H3,(H,24,25)(H2,21,22,23). The molecule has 0 bridgehead atoms. The molecule has 1 amide bonds. The zero-order valence-corrected chi connectivity index (χ0v) is 17.2. The van der Waals surface area contributed by atoms with Crippen molar-refractivity contribution in [2.45, 2.75) is 26.8 Å². The lowest BCUT2D eigenvalue weighted by molar-refractivity contribution is -0.114.